The lowest BCUT2D eigenvalue weighted by Gasteiger charge is -2.14. The van der Waals surface area contributed by atoms with E-state index < -0.39 is 6.04 Å². The largest absolute Gasteiger partial charge is 0.322 e. The predicted molar refractivity (Wildman–Crippen MR) is 103 cm³/mol. The van der Waals surface area contributed by atoms with E-state index in [4.69, 9.17) is 34.8 Å². The highest BCUT2D eigenvalue weighted by Gasteiger charge is 2.20. The van der Waals surface area contributed by atoms with E-state index in [-0.39, 0.29) is 5.91 Å². The van der Waals surface area contributed by atoms with Gasteiger partial charge in [-0.2, -0.15) is 10.2 Å². The molecule has 3 aromatic rings. The lowest BCUT2D eigenvalue weighted by molar-refractivity contribution is -0.119. The first-order chi connectivity index (χ1) is 12.5. The molecular weight excluding hydrogens is 397 g/mol. The maximum atomic E-state index is 12.5. The fourth-order valence-corrected chi connectivity index (χ4v) is 3.22. The quantitative estimate of drug-likeness (QED) is 0.639. The maximum absolute atomic E-state index is 12.5. The lowest BCUT2D eigenvalue weighted by atomic mass is 10.2. The number of nitrogens with one attached hydrogen (secondary N) is 1. The van der Waals surface area contributed by atoms with Crippen molar-refractivity contribution in [1.82, 2.24) is 19.6 Å². The Morgan fingerprint density at radius 2 is 1.88 bits per heavy atom. The van der Waals surface area contributed by atoms with E-state index >= 15 is 0 Å². The van der Waals surface area contributed by atoms with Gasteiger partial charge in [0.25, 0.3) is 0 Å². The van der Waals surface area contributed by atoms with E-state index in [1.807, 2.05) is 6.92 Å². The average molecular weight is 413 g/mol. The molecule has 0 aliphatic carbocycles. The zero-order chi connectivity index (χ0) is 18.7. The fraction of sp³-hybridized carbons (Fsp3) is 0.235. The average Bonchev–Trinajstić information content (AvgIpc) is 3.21. The Balaban J connectivity index is 1.71. The van der Waals surface area contributed by atoms with Crippen molar-refractivity contribution in [3.8, 4) is 0 Å². The van der Waals surface area contributed by atoms with E-state index in [1.54, 1.807) is 46.2 Å². The van der Waals surface area contributed by atoms with Crippen LogP contribution in [0.5, 0.6) is 0 Å². The van der Waals surface area contributed by atoms with Crippen molar-refractivity contribution in [3.05, 3.63) is 63.6 Å². The third kappa shape index (κ3) is 4.20. The normalized spacial score (nSPS) is 12.2. The Morgan fingerprint density at radius 3 is 2.50 bits per heavy atom. The van der Waals surface area contributed by atoms with Gasteiger partial charge in [0.15, 0.2) is 0 Å². The molecule has 2 aromatic heterocycles. The highest BCUT2D eigenvalue weighted by Crippen LogP contribution is 2.25. The molecule has 0 spiro atoms. The van der Waals surface area contributed by atoms with Gasteiger partial charge in [-0.25, -0.2) is 0 Å². The molecule has 1 amide bonds. The minimum atomic E-state index is -0.455. The summed E-state index contributed by atoms with van der Waals surface area (Å²) in [4.78, 5) is 12.5. The van der Waals surface area contributed by atoms with Gasteiger partial charge in [-0.3, -0.25) is 14.2 Å². The van der Waals surface area contributed by atoms with Gasteiger partial charge >= 0.3 is 0 Å². The zero-order valence-corrected chi connectivity index (χ0v) is 16.1. The van der Waals surface area contributed by atoms with E-state index in [0.29, 0.717) is 33.7 Å². The van der Waals surface area contributed by atoms with Gasteiger partial charge in [-0.05, 0) is 18.6 Å². The molecule has 1 atom stereocenters. The molecule has 0 fully saturated rings. The molecule has 1 aromatic carbocycles. The molecule has 0 aliphatic rings. The van der Waals surface area contributed by atoms with E-state index in [1.165, 1.54) is 6.20 Å². The number of benzene rings is 1. The summed E-state index contributed by atoms with van der Waals surface area (Å²) in [6.07, 6.45) is 7.00. The third-order valence-corrected chi connectivity index (χ3v) is 4.76. The van der Waals surface area contributed by atoms with Crippen LogP contribution in [0.25, 0.3) is 0 Å². The second-order valence-electron chi connectivity index (χ2n) is 5.68. The molecule has 0 saturated carbocycles. The monoisotopic (exact) mass is 411 g/mol. The maximum Gasteiger partial charge on any atom is 0.249 e. The summed E-state index contributed by atoms with van der Waals surface area (Å²) in [5.74, 6) is -0.192. The highest BCUT2D eigenvalue weighted by atomic mass is 35.5. The molecule has 0 saturated heterocycles. The molecular formula is C17H16Cl3N5O. The zero-order valence-electron chi connectivity index (χ0n) is 13.9. The van der Waals surface area contributed by atoms with Crippen molar-refractivity contribution in [2.24, 2.45) is 0 Å². The first kappa shape index (κ1) is 18.8. The van der Waals surface area contributed by atoms with Crippen LogP contribution < -0.4 is 5.32 Å². The number of carbonyl (C=O) groups is 1. The van der Waals surface area contributed by atoms with Crippen LogP contribution in [0.3, 0.4) is 0 Å². The number of nitrogens with zero attached hydrogens (tertiary/aromatic N) is 4. The van der Waals surface area contributed by atoms with Crippen LogP contribution in [0.1, 0.15) is 24.9 Å². The van der Waals surface area contributed by atoms with Crippen molar-refractivity contribution in [1.29, 1.82) is 0 Å². The molecule has 2 heterocycles. The molecule has 3 rings (SSSR count). The van der Waals surface area contributed by atoms with Crippen molar-refractivity contribution >= 4 is 46.4 Å². The van der Waals surface area contributed by atoms with Crippen LogP contribution in [-0.4, -0.2) is 25.5 Å². The minimum Gasteiger partial charge on any atom is -0.322 e. The summed E-state index contributed by atoms with van der Waals surface area (Å²) in [6, 6.07) is 4.88. The lowest BCUT2D eigenvalue weighted by Crippen LogP contribution is -2.25. The molecule has 1 N–H and O–H groups in total. The van der Waals surface area contributed by atoms with Gasteiger partial charge in [-0.1, -0.05) is 47.8 Å². The van der Waals surface area contributed by atoms with Crippen LogP contribution in [0.2, 0.25) is 15.1 Å². The molecule has 9 heteroatoms. The van der Waals surface area contributed by atoms with Gasteiger partial charge in [0.2, 0.25) is 5.91 Å². The van der Waals surface area contributed by atoms with Gasteiger partial charge < -0.3 is 5.32 Å². The smallest absolute Gasteiger partial charge is 0.249 e. The van der Waals surface area contributed by atoms with Gasteiger partial charge in [-0.15, -0.1) is 0 Å². The molecule has 0 radical (unpaired) electrons. The number of carbonyl (C=O) groups excluding carboxylic acids is 1. The molecule has 0 bridgehead atoms. The summed E-state index contributed by atoms with van der Waals surface area (Å²) in [7, 11) is 0. The molecule has 6 nitrogen and oxygen atoms in total. The number of halogens is 3. The second kappa shape index (κ2) is 8.12. The third-order valence-electron chi connectivity index (χ3n) is 3.86. The number of hydrogen-bond acceptors (Lipinski definition) is 3. The van der Waals surface area contributed by atoms with Crippen molar-refractivity contribution in [2.45, 2.75) is 25.9 Å². The predicted octanol–water partition coefficient (Wildman–Crippen LogP) is 4.68. The number of amides is 1. The summed E-state index contributed by atoms with van der Waals surface area (Å²) in [5.41, 5.74) is 1.35. The van der Waals surface area contributed by atoms with E-state index in [0.717, 1.165) is 5.56 Å². The second-order valence-corrected chi connectivity index (χ2v) is 6.93. The van der Waals surface area contributed by atoms with Crippen LogP contribution in [-0.2, 0) is 11.3 Å². The van der Waals surface area contributed by atoms with Crippen LogP contribution in [0.4, 0.5) is 5.69 Å². The Labute approximate surface area is 165 Å². The van der Waals surface area contributed by atoms with Crippen molar-refractivity contribution in [2.75, 3.05) is 5.32 Å². The molecule has 1 unspecified atom stereocenters. The molecule has 0 aliphatic heterocycles. The Kier molecular flexibility index (Phi) is 5.86. The summed E-state index contributed by atoms with van der Waals surface area (Å²) in [5, 5.41) is 12.8. The Bertz CT molecular complexity index is 901. The van der Waals surface area contributed by atoms with Crippen molar-refractivity contribution < 1.29 is 4.79 Å². The van der Waals surface area contributed by atoms with E-state index in [9.17, 15) is 4.79 Å². The van der Waals surface area contributed by atoms with Gasteiger partial charge in [0, 0.05) is 28.0 Å². The Morgan fingerprint density at radius 1 is 1.15 bits per heavy atom. The summed E-state index contributed by atoms with van der Waals surface area (Å²) in [6.45, 7) is 2.31. The van der Waals surface area contributed by atoms with Gasteiger partial charge in [0.05, 0.1) is 29.6 Å². The van der Waals surface area contributed by atoms with Crippen LogP contribution >= 0.6 is 34.8 Å². The molecule has 136 valence electrons. The standard InChI is InChI=1S/C17H16Cl3N5O/c1-2-16(25-8-11(18)6-22-25)17(26)23-12-7-21-24(9-12)10-13-14(19)4-3-5-15(13)20/h3-9,16H,2,10H2,1H3,(H,23,26). The minimum absolute atomic E-state index is 0.192. The van der Waals surface area contributed by atoms with Gasteiger partial charge in [0.1, 0.15) is 6.04 Å². The van der Waals surface area contributed by atoms with E-state index in [2.05, 4.69) is 15.5 Å². The summed E-state index contributed by atoms with van der Waals surface area (Å²) >= 11 is 18.3. The van der Waals surface area contributed by atoms with Crippen molar-refractivity contribution in [3.63, 3.8) is 0 Å². The SMILES string of the molecule is CCC(C(=O)Nc1cnn(Cc2c(Cl)cccc2Cl)c1)n1cc(Cl)cn1. The van der Waals surface area contributed by atoms with Crippen LogP contribution in [0.15, 0.2) is 43.0 Å². The number of aromatic nitrogens is 4. The Hall–Kier alpha value is -2.02. The topological polar surface area (TPSA) is 64.7 Å². The fourth-order valence-electron chi connectivity index (χ4n) is 2.56. The first-order valence-electron chi connectivity index (χ1n) is 7.93. The van der Waals surface area contributed by atoms with Crippen LogP contribution in [0, 0.1) is 0 Å². The number of rotatable bonds is 6. The number of hydrogen-bond donors (Lipinski definition) is 1. The highest BCUT2D eigenvalue weighted by molar-refractivity contribution is 6.36. The number of anilines is 1. The first-order valence-corrected chi connectivity index (χ1v) is 9.07. The summed E-state index contributed by atoms with van der Waals surface area (Å²) < 4.78 is 3.21. The molecule has 26 heavy (non-hydrogen) atoms.